The molecule has 1 aromatic heterocycles. The number of aliphatic hydroxyl groups excluding tert-OH is 1. The highest BCUT2D eigenvalue weighted by molar-refractivity contribution is 6.30. The molecule has 34 heavy (non-hydrogen) atoms. The number of halogens is 3. The van der Waals surface area contributed by atoms with E-state index < -0.39 is 52.9 Å². The second kappa shape index (κ2) is 9.30. The Kier molecular flexibility index (Phi) is 6.59. The molecular weight excluding hydrogens is 474 g/mol. The monoisotopic (exact) mass is 496 g/mol. The fourth-order valence-electron chi connectivity index (χ4n) is 4.72. The Labute approximate surface area is 198 Å². The molecule has 1 aromatic carbocycles. The van der Waals surface area contributed by atoms with E-state index in [-0.39, 0.29) is 23.8 Å². The zero-order valence-corrected chi connectivity index (χ0v) is 18.8. The van der Waals surface area contributed by atoms with E-state index >= 15 is 0 Å². The van der Waals surface area contributed by atoms with Crippen molar-refractivity contribution in [3.05, 3.63) is 57.7 Å². The standard InChI is InChI=1S/C22H23ClF2N4O5/c23-15-2-1-14(7-16(15)25)34-12-19(32)28-22-5-3-21(4-6-22,8-17(22)30)27-18(31)11-29-10-13(24)9-26-20(29)33/h1-2,7,9-10,17,30H,3-6,8,11-12H2,(H,27,31)(H,28,32). The summed E-state index contributed by atoms with van der Waals surface area (Å²) in [6, 6.07) is 3.84. The molecule has 0 radical (unpaired) electrons. The maximum absolute atomic E-state index is 13.5. The normalized spacial score (nSPS) is 25.6. The summed E-state index contributed by atoms with van der Waals surface area (Å²) in [5.41, 5.74) is -2.29. The number of nitrogens with one attached hydrogen (secondary N) is 2. The van der Waals surface area contributed by atoms with Gasteiger partial charge in [-0.25, -0.2) is 13.6 Å². The number of hydrogen-bond donors (Lipinski definition) is 3. The summed E-state index contributed by atoms with van der Waals surface area (Å²) in [7, 11) is 0. The van der Waals surface area contributed by atoms with Crippen LogP contribution in [0.1, 0.15) is 32.1 Å². The SMILES string of the molecule is O=C(Cn1cc(F)cnc1=O)NC12CCC(NC(=O)COc3ccc(Cl)c(F)c3)(CC1)C(O)C2. The number of aliphatic hydroxyl groups is 1. The van der Waals surface area contributed by atoms with Crippen LogP contribution >= 0.6 is 11.6 Å². The van der Waals surface area contributed by atoms with Crippen LogP contribution in [0.3, 0.4) is 0 Å². The number of nitrogens with zero attached hydrogens (tertiary/aromatic N) is 2. The van der Waals surface area contributed by atoms with Crippen LogP contribution in [-0.4, -0.2) is 50.3 Å². The third kappa shape index (κ3) is 5.05. The van der Waals surface area contributed by atoms with Crippen molar-refractivity contribution < 1.29 is 28.2 Å². The lowest BCUT2D eigenvalue weighted by Crippen LogP contribution is -2.70. The maximum atomic E-state index is 13.5. The van der Waals surface area contributed by atoms with Crippen LogP contribution in [0.4, 0.5) is 8.78 Å². The number of amides is 2. The average molecular weight is 497 g/mol. The van der Waals surface area contributed by atoms with E-state index in [1.807, 2.05) is 0 Å². The minimum atomic E-state index is -0.925. The number of benzene rings is 1. The molecule has 1 atom stereocenters. The molecule has 5 rings (SSSR count). The molecule has 9 nitrogen and oxygen atoms in total. The van der Waals surface area contributed by atoms with E-state index in [9.17, 15) is 28.3 Å². The lowest BCUT2D eigenvalue weighted by Gasteiger charge is -2.56. The van der Waals surface area contributed by atoms with E-state index in [0.717, 1.165) is 23.0 Å². The van der Waals surface area contributed by atoms with Crippen molar-refractivity contribution in [2.24, 2.45) is 0 Å². The highest BCUT2D eigenvalue weighted by atomic mass is 35.5. The predicted octanol–water partition coefficient (Wildman–Crippen LogP) is 1.30. The molecule has 1 heterocycles. The molecule has 2 bridgehead atoms. The van der Waals surface area contributed by atoms with Gasteiger partial charge in [-0.1, -0.05) is 11.6 Å². The van der Waals surface area contributed by atoms with Crippen LogP contribution in [0.15, 0.2) is 35.4 Å². The second-order valence-electron chi connectivity index (χ2n) is 8.80. The Morgan fingerprint density at radius 1 is 1.21 bits per heavy atom. The number of hydrogen-bond acceptors (Lipinski definition) is 6. The topological polar surface area (TPSA) is 123 Å². The van der Waals surface area contributed by atoms with Crippen molar-refractivity contribution in [2.75, 3.05) is 6.61 Å². The first-order chi connectivity index (χ1) is 16.1. The summed E-state index contributed by atoms with van der Waals surface area (Å²) in [4.78, 5) is 40.1. The van der Waals surface area contributed by atoms with Crippen LogP contribution in [0, 0.1) is 11.6 Å². The smallest absolute Gasteiger partial charge is 0.348 e. The summed E-state index contributed by atoms with van der Waals surface area (Å²) in [6.45, 7) is -0.764. The number of aromatic nitrogens is 2. The van der Waals surface area contributed by atoms with Gasteiger partial charge in [0.15, 0.2) is 12.4 Å². The molecule has 0 aliphatic heterocycles. The van der Waals surface area contributed by atoms with Crippen molar-refractivity contribution in [2.45, 2.75) is 55.8 Å². The van der Waals surface area contributed by atoms with E-state index in [4.69, 9.17) is 16.3 Å². The fourth-order valence-corrected chi connectivity index (χ4v) is 4.84. The van der Waals surface area contributed by atoms with Gasteiger partial charge in [0.2, 0.25) is 5.91 Å². The summed E-state index contributed by atoms with van der Waals surface area (Å²) >= 11 is 5.63. The molecule has 3 aliphatic carbocycles. The predicted molar refractivity (Wildman–Crippen MR) is 116 cm³/mol. The molecular formula is C22H23ClF2N4O5. The summed E-state index contributed by atoms with van der Waals surface area (Å²) in [6.07, 6.45) is 2.79. The first kappa shape index (κ1) is 24.1. The van der Waals surface area contributed by atoms with Crippen molar-refractivity contribution in [1.82, 2.24) is 20.2 Å². The van der Waals surface area contributed by atoms with Gasteiger partial charge < -0.3 is 20.5 Å². The third-order valence-electron chi connectivity index (χ3n) is 6.51. The molecule has 0 saturated heterocycles. The zero-order valence-electron chi connectivity index (χ0n) is 18.0. The van der Waals surface area contributed by atoms with Crippen molar-refractivity contribution in [1.29, 1.82) is 0 Å². The average Bonchev–Trinajstić information content (AvgIpc) is 2.78. The van der Waals surface area contributed by atoms with Crippen molar-refractivity contribution in [3.63, 3.8) is 0 Å². The summed E-state index contributed by atoms with van der Waals surface area (Å²) < 4.78 is 33.1. The Balaban J connectivity index is 1.33. The largest absolute Gasteiger partial charge is 0.484 e. The quantitative estimate of drug-likeness (QED) is 0.531. The number of carbonyl (C=O) groups is 2. The maximum Gasteiger partial charge on any atom is 0.348 e. The van der Waals surface area contributed by atoms with Crippen LogP contribution in [0.25, 0.3) is 0 Å². The number of carbonyl (C=O) groups excluding carboxylic acids is 2. The number of fused-ring (bicyclic) bond motifs is 3. The van der Waals surface area contributed by atoms with Gasteiger partial charge in [-0.3, -0.25) is 14.2 Å². The minimum absolute atomic E-state index is 0.0570. The summed E-state index contributed by atoms with van der Waals surface area (Å²) in [5, 5.41) is 16.5. The Morgan fingerprint density at radius 2 is 1.94 bits per heavy atom. The fraction of sp³-hybridized carbons (Fsp3) is 0.455. The van der Waals surface area contributed by atoms with Gasteiger partial charge in [0.1, 0.15) is 18.1 Å². The third-order valence-corrected chi connectivity index (χ3v) is 6.82. The van der Waals surface area contributed by atoms with Gasteiger partial charge in [0.05, 0.1) is 22.9 Å². The van der Waals surface area contributed by atoms with Gasteiger partial charge in [-0.2, -0.15) is 4.98 Å². The summed E-state index contributed by atoms with van der Waals surface area (Å²) in [5.74, 6) is -2.21. The van der Waals surface area contributed by atoms with E-state index in [2.05, 4.69) is 15.6 Å². The zero-order chi connectivity index (χ0) is 24.5. The minimum Gasteiger partial charge on any atom is -0.484 e. The van der Waals surface area contributed by atoms with Gasteiger partial charge in [-0.15, -0.1) is 0 Å². The van der Waals surface area contributed by atoms with E-state index in [1.54, 1.807) is 0 Å². The molecule has 3 fully saturated rings. The van der Waals surface area contributed by atoms with Crippen molar-refractivity contribution >= 4 is 23.4 Å². The molecule has 182 valence electrons. The van der Waals surface area contributed by atoms with Crippen LogP contribution < -0.4 is 21.1 Å². The molecule has 2 aromatic rings. The van der Waals surface area contributed by atoms with Gasteiger partial charge in [0, 0.05) is 17.8 Å². The molecule has 2 amide bonds. The van der Waals surface area contributed by atoms with Crippen LogP contribution in [-0.2, 0) is 16.1 Å². The Bertz CT molecular complexity index is 1170. The van der Waals surface area contributed by atoms with Gasteiger partial charge >= 0.3 is 5.69 Å². The first-order valence-electron chi connectivity index (χ1n) is 10.7. The van der Waals surface area contributed by atoms with Crippen LogP contribution in [0.5, 0.6) is 5.75 Å². The highest BCUT2D eigenvalue weighted by Gasteiger charge is 2.55. The lowest BCUT2D eigenvalue weighted by atomic mass is 9.60. The first-order valence-corrected chi connectivity index (χ1v) is 11.1. The highest BCUT2D eigenvalue weighted by Crippen LogP contribution is 2.47. The molecule has 12 heteroatoms. The van der Waals surface area contributed by atoms with Crippen molar-refractivity contribution in [3.8, 4) is 5.75 Å². The Morgan fingerprint density at radius 3 is 2.62 bits per heavy atom. The molecule has 3 N–H and O–H groups in total. The molecule has 1 unspecified atom stereocenters. The van der Waals surface area contributed by atoms with Gasteiger partial charge in [-0.05, 0) is 44.2 Å². The number of rotatable bonds is 7. The molecule has 3 aliphatic rings. The van der Waals surface area contributed by atoms with Crippen LogP contribution in [0.2, 0.25) is 5.02 Å². The van der Waals surface area contributed by atoms with E-state index in [1.165, 1.54) is 12.1 Å². The number of ether oxygens (including phenoxy) is 1. The Hall–Kier alpha value is -3.05. The molecule has 3 saturated carbocycles. The lowest BCUT2D eigenvalue weighted by molar-refractivity contribution is -0.136. The second-order valence-corrected chi connectivity index (χ2v) is 9.21. The molecule has 0 spiro atoms. The van der Waals surface area contributed by atoms with E-state index in [0.29, 0.717) is 25.7 Å². The van der Waals surface area contributed by atoms with Gasteiger partial charge in [0.25, 0.3) is 5.91 Å².